The average Bonchev–Trinajstić information content (AvgIpc) is 2.66. The Balaban J connectivity index is 1.98. The molecule has 0 atom stereocenters. The van der Waals surface area contributed by atoms with Gasteiger partial charge in [0, 0.05) is 36.0 Å². The molecule has 0 aliphatic heterocycles. The van der Waals surface area contributed by atoms with Crippen molar-refractivity contribution in [1.29, 1.82) is 0 Å². The van der Waals surface area contributed by atoms with Gasteiger partial charge in [-0.3, -0.25) is 0 Å². The molecule has 1 aromatic heterocycles. The van der Waals surface area contributed by atoms with Crippen LogP contribution in [0.5, 0.6) is 0 Å². The van der Waals surface area contributed by atoms with Crippen LogP contribution in [0.3, 0.4) is 0 Å². The monoisotopic (exact) mass is 276 g/mol. The van der Waals surface area contributed by atoms with Crippen molar-refractivity contribution >= 4 is 11.6 Å². The minimum Gasteiger partial charge on any atom is -0.349 e. The highest BCUT2D eigenvalue weighted by Crippen LogP contribution is 2.17. The SMILES string of the molecule is CCn1c(C)cc(CNCc2ccccc2Cl)c1C. The van der Waals surface area contributed by atoms with Gasteiger partial charge in [-0.2, -0.15) is 0 Å². The van der Waals surface area contributed by atoms with Crippen LogP contribution in [0.2, 0.25) is 5.02 Å². The normalized spacial score (nSPS) is 10.9. The Morgan fingerprint density at radius 3 is 2.42 bits per heavy atom. The number of aryl methyl sites for hydroxylation is 1. The maximum Gasteiger partial charge on any atom is 0.0450 e. The van der Waals surface area contributed by atoms with E-state index >= 15 is 0 Å². The third-order valence-corrected chi connectivity index (χ3v) is 3.95. The molecule has 0 fully saturated rings. The largest absolute Gasteiger partial charge is 0.349 e. The summed E-state index contributed by atoms with van der Waals surface area (Å²) in [7, 11) is 0. The molecule has 0 unspecified atom stereocenters. The lowest BCUT2D eigenvalue weighted by atomic mass is 10.2. The quantitative estimate of drug-likeness (QED) is 0.871. The van der Waals surface area contributed by atoms with Gasteiger partial charge in [0.15, 0.2) is 0 Å². The molecule has 102 valence electrons. The zero-order chi connectivity index (χ0) is 13.8. The lowest BCUT2D eigenvalue weighted by Crippen LogP contribution is -2.13. The Morgan fingerprint density at radius 2 is 1.79 bits per heavy atom. The number of nitrogens with one attached hydrogen (secondary N) is 1. The molecule has 19 heavy (non-hydrogen) atoms. The van der Waals surface area contributed by atoms with Crippen molar-refractivity contribution in [3.63, 3.8) is 0 Å². The van der Waals surface area contributed by atoms with Crippen LogP contribution in [-0.2, 0) is 19.6 Å². The number of halogens is 1. The van der Waals surface area contributed by atoms with E-state index in [1.165, 1.54) is 17.0 Å². The molecule has 2 aromatic rings. The number of hydrogen-bond acceptors (Lipinski definition) is 1. The molecule has 0 aliphatic carbocycles. The Kier molecular flexibility index (Phi) is 4.67. The average molecular weight is 277 g/mol. The highest BCUT2D eigenvalue weighted by molar-refractivity contribution is 6.31. The van der Waals surface area contributed by atoms with E-state index < -0.39 is 0 Å². The summed E-state index contributed by atoms with van der Waals surface area (Å²) in [6, 6.07) is 10.2. The molecule has 0 aliphatic rings. The van der Waals surface area contributed by atoms with Crippen molar-refractivity contribution in [1.82, 2.24) is 9.88 Å². The molecule has 0 saturated heterocycles. The third kappa shape index (κ3) is 3.20. The van der Waals surface area contributed by atoms with Crippen molar-refractivity contribution < 1.29 is 0 Å². The molecular formula is C16H21ClN2. The van der Waals surface area contributed by atoms with Gasteiger partial charge in [-0.25, -0.2) is 0 Å². The van der Waals surface area contributed by atoms with E-state index in [1.54, 1.807) is 0 Å². The summed E-state index contributed by atoms with van der Waals surface area (Å²) in [5.41, 5.74) is 5.20. The Morgan fingerprint density at radius 1 is 1.11 bits per heavy atom. The number of nitrogens with zero attached hydrogens (tertiary/aromatic N) is 1. The summed E-state index contributed by atoms with van der Waals surface area (Å²) in [6.45, 7) is 9.24. The molecule has 0 saturated carbocycles. The van der Waals surface area contributed by atoms with E-state index in [0.29, 0.717) is 0 Å². The summed E-state index contributed by atoms with van der Waals surface area (Å²) < 4.78 is 2.34. The highest BCUT2D eigenvalue weighted by atomic mass is 35.5. The van der Waals surface area contributed by atoms with Crippen LogP contribution in [0.4, 0.5) is 0 Å². The number of aromatic nitrogens is 1. The molecule has 0 spiro atoms. The topological polar surface area (TPSA) is 17.0 Å². The molecule has 0 radical (unpaired) electrons. The zero-order valence-corrected chi connectivity index (χ0v) is 12.6. The van der Waals surface area contributed by atoms with Crippen LogP contribution in [0, 0.1) is 13.8 Å². The molecule has 1 N–H and O–H groups in total. The lowest BCUT2D eigenvalue weighted by molar-refractivity contribution is 0.676. The number of benzene rings is 1. The van der Waals surface area contributed by atoms with Gasteiger partial charge in [0.25, 0.3) is 0 Å². The van der Waals surface area contributed by atoms with Crippen molar-refractivity contribution in [3.05, 3.63) is 57.9 Å². The lowest BCUT2D eigenvalue weighted by Gasteiger charge is -2.08. The van der Waals surface area contributed by atoms with Crippen LogP contribution in [0.25, 0.3) is 0 Å². The fraction of sp³-hybridized carbons (Fsp3) is 0.375. The molecule has 3 heteroatoms. The van der Waals surface area contributed by atoms with Gasteiger partial charge in [0.05, 0.1) is 0 Å². The second-order valence-corrected chi connectivity index (χ2v) is 5.24. The first-order valence-corrected chi connectivity index (χ1v) is 7.11. The van der Waals surface area contributed by atoms with Crippen LogP contribution < -0.4 is 5.32 Å². The molecule has 0 bridgehead atoms. The number of rotatable bonds is 5. The van der Waals surface area contributed by atoms with E-state index in [1.807, 2.05) is 18.2 Å². The summed E-state index contributed by atoms with van der Waals surface area (Å²) in [5, 5.41) is 4.29. The highest BCUT2D eigenvalue weighted by Gasteiger charge is 2.07. The van der Waals surface area contributed by atoms with Gasteiger partial charge < -0.3 is 9.88 Å². The van der Waals surface area contributed by atoms with Gasteiger partial charge in [0.1, 0.15) is 0 Å². The fourth-order valence-electron chi connectivity index (χ4n) is 2.51. The van der Waals surface area contributed by atoms with Crippen molar-refractivity contribution in [2.75, 3.05) is 0 Å². The number of hydrogen-bond donors (Lipinski definition) is 1. The predicted octanol–water partition coefficient (Wildman–Crippen LogP) is 4.07. The molecule has 2 nitrogen and oxygen atoms in total. The van der Waals surface area contributed by atoms with Crippen molar-refractivity contribution in [2.24, 2.45) is 0 Å². The van der Waals surface area contributed by atoms with Crippen LogP contribution in [-0.4, -0.2) is 4.57 Å². The first kappa shape index (κ1) is 14.2. The first-order chi connectivity index (χ1) is 9.13. The molecule has 0 amide bonds. The van der Waals surface area contributed by atoms with Crippen LogP contribution in [0.1, 0.15) is 29.4 Å². The minimum atomic E-state index is 0.801. The second-order valence-electron chi connectivity index (χ2n) is 4.84. The van der Waals surface area contributed by atoms with Gasteiger partial charge in [-0.05, 0) is 44.0 Å². The van der Waals surface area contributed by atoms with Crippen LogP contribution in [0.15, 0.2) is 30.3 Å². The second kappa shape index (κ2) is 6.27. The smallest absolute Gasteiger partial charge is 0.0450 e. The Bertz CT molecular complexity index is 558. The molecule has 1 heterocycles. The summed E-state index contributed by atoms with van der Waals surface area (Å²) in [4.78, 5) is 0. The van der Waals surface area contributed by atoms with E-state index in [2.05, 4.69) is 42.8 Å². The van der Waals surface area contributed by atoms with E-state index in [9.17, 15) is 0 Å². The Labute approximate surface area is 120 Å². The summed E-state index contributed by atoms with van der Waals surface area (Å²) >= 11 is 6.14. The van der Waals surface area contributed by atoms with Crippen LogP contribution >= 0.6 is 11.6 Å². The predicted molar refractivity (Wildman–Crippen MR) is 81.6 cm³/mol. The van der Waals surface area contributed by atoms with Crippen molar-refractivity contribution in [2.45, 2.75) is 40.4 Å². The zero-order valence-electron chi connectivity index (χ0n) is 11.8. The summed E-state index contributed by atoms with van der Waals surface area (Å²) in [5.74, 6) is 0. The van der Waals surface area contributed by atoms with Gasteiger partial charge in [-0.1, -0.05) is 29.8 Å². The van der Waals surface area contributed by atoms with Crippen molar-refractivity contribution in [3.8, 4) is 0 Å². The van der Waals surface area contributed by atoms with Gasteiger partial charge in [-0.15, -0.1) is 0 Å². The standard InChI is InChI=1S/C16H21ClN2/c1-4-19-12(2)9-15(13(19)3)11-18-10-14-7-5-6-8-16(14)17/h5-9,18H,4,10-11H2,1-3H3. The van der Waals surface area contributed by atoms with E-state index in [0.717, 1.165) is 30.2 Å². The van der Waals surface area contributed by atoms with E-state index in [4.69, 9.17) is 11.6 Å². The minimum absolute atomic E-state index is 0.801. The maximum absolute atomic E-state index is 6.14. The molecule has 2 rings (SSSR count). The third-order valence-electron chi connectivity index (χ3n) is 3.58. The van der Waals surface area contributed by atoms with Gasteiger partial charge in [0.2, 0.25) is 0 Å². The Hall–Kier alpha value is -1.25. The fourth-order valence-corrected chi connectivity index (χ4v) is 2.71. The maximum atomic E-state index is 6.14. The van der Waals surface area contributed by atoms with Gasteiger partial charge >= 0.3 is 0 Å². The van der Waals surface area contributed by atoms with E-state index in [-0.39, 0.29) is 0 Å². The first-order valence-electron chi connectivity index (χ1n) is 6.73. The molecule has 1 aromatic carbocycles. The summed E-state index contributed by atoms with van der Waals surface area (Å²) in [6.07, 6.45) is 0. The molecular weight excluding hydrogens is 256 g/mol.